The number of benzene rings is 1. The molecule has 1 saturated carbocycles. The van der Waals surface area contributed by atoms with Crippen molar-refractivity contribution in [1.82, 2.24) is 9.80 Å². The van der Waals surface area contributed by atoms with Crippen molar-refractivity contribution < 1.29 is 14.4 Å². The molecule has 158 valence electrons. The van der Waals surface area contributed by atoms with Crippen LogP contribution in [-0.4, -0.2) is 53.3 Å². The molecule has 0 bridgehead atoms. The fourth-order valence-corrected chi connectivity index (χ4v) is 4.34. The second kappa shape index (κ2) is 9.16. The number of anilines is 1. The standard InChI is InChI=1S/C22H30ClN3O3/c1-15(2)22(29)25(17-8-5-4-6-9-17)13-20(27)24-12-21(28)26(14-24)19-11-7-10-18(23)16(19)3/h7,10-11,15,17H,4-6,8-9,12-14H2,1-3H3. The Balaban J connectivity index is 1.72. The van der Waals surface area contributed by atoms with E-state index in [0.717, 1.165) is 36.9 Å². The SMILES string of the molecule is Cc1c(Cl)cccc1N1CN(C(=O)CN(C(=O)C(C)C)C2CCCCC2)CC1=O. The Morgan fingerprint density at radius 3 is 2.55 bits per heavy atom. The number of carbonyl (C=O) groups excluding carboxylic acids is 3. The summed E-state index contributed by atoms with van der Waals surface area (Å²) in [6.45, 7) is 5.85. The lowest BCUT2D eigenvalue weighted by atomic mass is 9.93. The number of hydrogen-bond donors (Lipinski definition) is 0. The Kier molecular flexibility index (Phi) is 6.83. The first-order chi connectivity index (χ1) is 13.8. The maximum Gasteiger partial charge on any atom is 0.248 e. The van der Waals surface area contributed by atoms with Gasteiger partial charge in [-0.25, -0.2) is 0 Å². The van der Waals surface area contributed by atoms with E-state index in [0.29, 0.717) is 5.02 Å². The summed E-state index contributed by atoms with van der Waals surface area (Å²) < 4.78 is 0. The summed E-state index contributed by atoms with van der Waals surface area (Å²) in [5.41, 5.74) is 1.54. The molecule has 6 nitrogen and oxygen atoms in total. The number of halogens is 1. The first-order valence-corrected chi connectivity index (χ1v) is 10.8. The van der Waals surface area contributed by atoms with Gasteiger partial charge in [-0.1, -0.05) is 50.8 Å². The number of nitrogens with zero attached hydrogens (tertiary/aromatic N) is 3. The van der Waals surface area contributed by atoms with Gasteiger partial charge >= 0.3 is 0 Å². The van der Waals surface area contributed by atoms with Gasteiger partial charge in [0.2, 0.25) is 17.7 Å². The summed E-state index contributed by atoms with van der Waals surface area (Å²) in [6, 6.07) is 5.54. The third-order valence-electron chi connectivity index (χ3n) is 5.92. The predicted molar refractivity (Wildman–Crippen MR) is 114 cm³/mol. The molecule has 0 atom stereocenters. The lowest BCUT2D eigenvalue weighted by Gasteiger charge is -2.36. The van der Waals surface area contributed by atoms with E-state index in [2.05, 4.69) is 0 Å². The van der Waals surface area contributed by atoms with Crippen molar-refractivity contribution >= 4 is 35.0 Å². The summed E-state index contributed by atoms with van der Waals surface area (Å²) in [5.74, 6) is -0.461. The molecule has 0 N–H and O–H groups in total. The van der Waals surface area contributed by atoms with E-state index in [1.54, 1.807) is 21.9 Å². The summed E-state index contributed by atoms with van der Waals surface area (Å²) in [5, 5.41) is 0.589. The van der Waals surface area contributed by atoms with E-state index in [1.807, 2.05) is 26.8 Å². The molecule has 0 radical (unpaired) electrons. The number of carbonyl (C=O) groups is 3. The largest absolute Gasteiger partial charge is 0.330 e. The Labute approximate surface area is 177 Å². The van der Waals surface area contributed by atoms with Crippen molar-refractivity contribution in [3.63, 3.8) is 0 Å². The minimum Gasteiger partial charge on any atom is -0.330 e. The zero-order valence-electron chi connectivity index (χ0n) is 17.5. The van der Waals surface area contributed by atoms with Crippen molar-refractivity contribution in [3.05, 3.63) is 28.8 Å². The van der Waals surface area contributed by atoms with Gasteiger partial charge in [0.15, 0.2) is 0 Å². The molecule has 1 aliphatic carbocycles. The van der Waals surface area contributed by atoms with E-state index in [-0.39, 0.29) is 49.4 Å². The molecule has 3 amide bonds. The molecular weight excluding hydrogens is 390 g/mol. The van der Waals surface area contributed by atoms with Gasteiger partial charge in [0.25, 0.3) is 0 Å². The van der Waals surface area contributed by atoms with Crippen LogP contribution in [0.15, 0.2) is 18.2 Å². The van der Waals surface area contributed by atoms with Crippen LogP contribution in [0.5, 0.6) is 0 Å². The lowest BCUT2D eigenvalue weighted by molar-refractivity contribution is -0.144. The molecule has 7 heteroatoms. The summed E-state index contributed by atoms with van der Waals surface area (Å²) in [4.78, 5) is 43.3. The van der Waals surface area contributed by atoms with E-state index in [4.69, 9.17) is 11.6 Å². The van der Waals surface area contributed by atoms with Crippen molar-refractivity contribution in [2.45, 2.75) is 58.9 Å². The monoisotopic (exact) mass is 419 g/mol. The molecule has 1 saturated heterocycles. The highest BCUT2D eigenvalue weighted by molar-refractivity contribution is 6.31. The normalized spacial score (nSPS) is 17.9. The maximum absolute atomic E-state index is 13.0. The van der Waals surface area contributed by atoms with E-state index < -0.39 is 0 Å². The highest BCUT2D eigenvalue weighted by Gasteiger charge is 2.35. The van der Waals surface area contributed by atoms with Crippen molar-refractivity contribution in [2.75, 3.05) is 24.7 Å². The molecule has 29 heavy (non-hydrogen) atoms. The minimum atomic E-state index is -0.180. The summed E-state index contributed by atoms with van der Waals surface area (Å²) in [6.07, 6.45) is 5.25. The fraction of sp³-hybridized carbons (Fsp3) is 0.591. The fourth-order valence-electron chi connectivity index (χ4n) is 4.17. The zero-order chi connectivity index (χ0) is 21.1. The van der Waals surface area contributed by atoms with Crippen LogP contribution in [0.25, 0.3) is 0 Å². The number of rotatable bonds is 5. The van der Waals surface area contributed by atoms with E-state index in [9.17, 15) is 14.4 Å². The van der Waals surface area contributed by atoms with Crippen LogP contribution in [0.1, 0.15) is 51.5 Å². The molecule has 1 heterocycles. The van der Waals surface area contributed by atoms with Crippen LogP contribution in [0.3, 0.4) is 0 Å². The van der Waals surface area contributed by atoms with Crippen LogP contribution in [0.2, 0.25) is 5.02 Å². The van der Waals surface area contributed by atoms with Crippen LogP contribution < -0.4 is 4.90 Å². The molecule has 3 rings (SSSR count). The molecule has 1 aromatic carbocycles. The number of hydrogen-bond acceptors (Lipinski definition) is 3. The molecule has 0 spiro atoms. The Morgan fingerprint density at radius 1 is 1.21 bits per heavy atom. The Bertz CT molecular complexity index is 790. The highest BCUT2D eigenvalue weighted by atomic mass is 35.5. The van der Waals surface area contributed by atoms with Gasteiger partial charge in [-0.05, 0) is 37.5 Å². The smallest absolute Gasteiger partial charge is 0.248 e. The third-order valence-corrected chi connectivity index (χ3v) is 6.33. The lowest BCUT2D eigenvalue weighted by Crippen LogP contribution is -2.49. The second-order valence-electron chi connectivity index (χ2n) is 8.35. The molecule has 1 aromatic rings. The zero-order valence-corrected chi connectivity index (χ0v) is 18.2. The Hall–Kier alpha value is -2.08. The quantitative estimate of drug-likeness (QED) is 0.732. The van der Waals surface area contributed by atoms with Crippen molar-refractivity contribution in [3.8, 4) is 0 Å². The average Bonchev–Trinajstić information content (AvgIpc) is 3.09. The minimum absolute atomic E-state index is 0.0123. The molecule has 0 aromatic heterocycles. The van der Waals surface area contributed by atoms with Crippen LogP contribution in [-0.2, 0) is 14.4 Å². The van der Waals surface area contributed by atoms with Crippen molar-refractivity contribution in [2.24, 2.45) is 5.92 Å². The summed E-state index contributed by atoms with van der Waals surface area (Å²) >= 11 is 6.20. The van der Waals surface area contributed by atoms with E-state index >= 15 is 0 Å². The maximum atomic E-state index is 13.0. The van der Waals surface area contributed by atoms with E-state index in [1.165, 1.54) is 11.3 Å². The first-order valence-electron chi connectivity index (χ1n) is 10.4. The molecule has 2 aliphatic rings. The molecular formula is C22H30ClN3O3. The second-order valence-corrected chi connectivity index (χ2v) is 8.76. The highest BCUT2D eigenvalue weighted by Crippen LogP contribution is 2.29. The van der Waals surface area contributed by atoms with Gasteiger partial charge in [-0.2, -0.15) is 0 Å². The number of amides is 3. The van der Waals surface area contributed by atoms with Gasteiger partial charge in [-0.3, -0.25) is 19.3 Å². The van der Waals surface area contributed by atoms with Crippen LogP contribution >= 0.6 is 11.6 Å². The van der Waals surface area contributed by atoms with Gasteiger partial charge in [0.1, 0.15) is 19.8 Å². The van der Waals surface area contributed by atoms with Crippen molar-refractivity contribution in [1.29, 1.82) is 0 Å². The molecule has 2 fully saturated rings. The van der Waals surface area contributed by atoms with Gasteiger partial charge in [0, 0.05) is 22.7 Å². The van der Waals surface area contributed by atoms with Gasteiger partial charge < -0.3 is 9.80 Å². The topological polar surface area (TPSA) is 60.9 Å². The van der Waals surface area contributed by atoms with Gasteiger partial charge in [-0.15, -0.1) is 0 Å². The van der Waals surface area contributed by atoms with Gasteiger partial charge in [0.05, 0.1) is 0 Å². The average molecular weight is 420 g/mol. The third kappa shape index (κ3) is 4.74. The summed E-state index contributed by atoms with van der Waals surface area (Å²) in [7, 11) is 0. The molecule has 0 unspecified atom stereocenters. The Morgan fingerprint density at radius 2 is 1.90 bits per heavy atom. The first kappa shape index (κ1) is 21.6. The predicted octanol–water partition coefficient (Wildman–Crippen LogP) is 3.60. The molecule has 1 aliphatic heterocycles. The van der Waals surface area contributed by atoms with Crippen LogP contribution in [0, 0.1) is 12.8 Å². The van der Waals surface area contributed by atoms with Crippen LogP contribution in [0.4, 0.5) is 5.69 Å².